The van der Waals surface area contributed by atoms with E-state index in [0.717, 1.165) is 36.7 Å². The van der Waals surface area contributed by atoms with E-state index >= 15 is 0 Å². The summed E-state index contributed by atoms with van der Waals surface area (Å²) in [6.45, 7) is 1.48. The van der Waals surface area contributed by atoms with E-state index in [1.54, 1.807) is 17.3 Å². The van der Waals surface area contributed by atoms with E-state index in [9.17, 15) is 26.7 Å². The van der Waals surface area contributed by atoms with Crippen molar-refractivity contribution in [3.05, 3.63) is 76.4 Å². The first kappa shape index (κ1) is 27.8. The molecule has 2 aliphatic heterocycles. The molecule has 3 heterocycles. The molecule has 1 aliphatic carbocycles. The van der Waals surface area contributed by atoms with Gasteiger partial charge in [-0.15, -0.1) is 10.2 Å². The number of fused-ring (bicyclic) bond motifs is 1. The SMILES string of the molecule is CC1CN(Cc2cc3c(c(C(F)(F)F)c2)CN(c2cccc([C@@H](c4nncn4C)C4CCC4)c2)C3=O)CCC1(F)F. The lowest BCUT2D eigenvalue weighted by Crippen LogP contribution is -2.45. The number of carbonyl (C=O) groups excluding carboxylic acids is 1. The Hall–Kier alpha value is -3.34. The topological polar surface area (TPSA) is 54.3 Å². The van der Waals surface area contributed by atoms with Crippen LogP contribution in [0.25, 0.3) is 0 Å². The Morgan fingerprint density at radius 1 is 1.15 bits per heavy atom. The first-order chi connectivity index (χ1) is 19.4. The van der Waals surface area contributed by atoms with E-state index in [2.05, 4.69) is 10.2 Å². The Balaban J connectivity index is 1.31. The molecule has 11 heteroatoms. The monoisotopic (exact) mass is 573 g/mol. The number of halogens is 5. The van der Waals surface area contributed by atoms with Gasteiger partial charge in [0.1, 0.15) is 12.2 Å². The fourth-order valence-corrected chi connectivity index (χ4v) is 6.45. The third kappa shape index (κ3) is 5.13. The van der Waals surface area contributed by atoms with E-state index in [1.807, 2.05) is 29.8 Å². The molecule has 0 radical (unpaired) electrons. The standard InChI is InChI=1S/C30H32F5N5O/c1-18-14-39(10-9-29(18,31)32)15-19-11-23-24(25(12-19)30(33,34)35)16-40(28(23)41)22-8-4-7-21(13-22)26(20-5-3-6-20)27-37-36-17-38(27)2/h4,7-8,11-13,17-18,20,26H,3,5-6,9-10,14-16H2,1-2H3/t18?,26-/m0/s1. The number of hydrogen-bond donors (Lipinski definition) is 0. The Kier molecular flexibility index (Phi) is 6.91. The van der Waals surface area contributed by atoms with Gasteiger partial charge in [-0.05, 0) is 59.7 Å². The van der Waals surface area contributed by atoms with Crippen LogP contribution in [0.1, 0.15) is 77.0 Å². The van der Waals surface area contributed by atoms with E-state index in [4.69, 9.17) is 0 Å². The Bertz CT molecular complexity index is 1460. The second-order valence-corrected chi connectivity index (χ2v) is 11.8. The van der Waals surface area contributed by atoms with Gasteiger partial charge < -0.3 is 9.47 Å². The lowest BCUT2D eigenvalue weighted by atomic mass is 9.72. The average molecular weight is 574 g/mol. The van der Waals surface area contributed by atoms with Crippen molar-refractivity contribution in [2.45, 2.75) is 63.7 Å². The zero-order valence-corrected chi connectivity index (χ0v) is 23.0. The highest BCUT2D eigenvalue weighted by atomic mass is 19.4. The van der Waals surface area contributed by atoms with Crippen molar-refractivity contribution in [3.63, 3.8) is 0 Å². The number of amides is 1. The minimum Gasteiger partial charge on any atom is -0.320 e. The highest BCUT2D eigenvalue weighted by Crippen LogP contribution is 2.44. The Labute approximate surface area is 235 Å². The quantitative estimate of drug-likeness (QED) is 0.320. The summed E-state index contributed by atoms with van der Waals surface area (Å²) < 4.78 is 72.6. The van der Waals surface area contributed by atoms with Crippen LogP contribution in [0.15, 0.2) is 42.7 Å². The number of piperidine rings is 1. The van der Waals surface area contributed by atoms with Crippen LogP contribution in [0.5, 0.6) is 0 Å². The fourth-order valence-electron chi connectivity index (χ4n) is 6.45. The van der Waals surface area contributed by atoms with E-state index < -0.39 is 29.5 Å². The van der Waals surface area contributed by atoms with Crippen LogP contribution in [0.2, 0.25) is 0 Å². The van der Waals surface area contributed by atoms with Gasteiger partial charge in [0.2, 0.25) is 0 Å². The molecule has 2 aromatic carbocycles. The van der Waals surface area contributed by atoms with Gasteiger partial charge in [-0.1, -0.05) is 25.5 Å². The summed E-state index contributed by atoms with van der Waals surface area (Å²) in [7, 11) is 1.89. The summed E-state index contributed by atoms with van der Waals surface area (Å²) in [5.74, 6) is -3.04. The largest absolute Gasteiger partial charge is 0.416 e. The maximum Gasteiger partial charge on any atom is 0.416 e. The summed E-state index contributed by atoms with van der Waals surface area (Å²) in [5, 5.41) is 8.38. The summed E-state index contributed by atoms with van der Waals surface area (Å²) in [4.78, 5) is 16.8. The molecule has 218 valence electrons. The van der Waals surface area contributed by atoms with Crippen LogP contribution >= 0.6 is 0 Å². The Morgan fingerprint density at radius 3 is 2.56 bits per heavy atom. The zero-order valence-electron chi connectivity index (χ0n) is 23.0. The lowest BCUT2D eigenvalue weighted by Gasteiger charge is -2.36. The predicted molar refractivity (Wildman–Crippen MR) is 143 cm³/mol. The Morgan fingerprint density at radius 2 is 1.93 bits per heavy atom. The van der Waals surface area contributed by atoms with Crippen molar-refractivity contribution in [2.75, 3.05) is 18.0 Å². The second kappa shape index (κ2) is 10.2. The molecule has 41 heavy (non-hydrogen) atoms. The molecule has 3 aliphatic rings. The summed E-state index contributed by atoms with van der Waals surface area (Å²) in [6.07, 6.45) is -0.148. The summed E-state index contributed by atoms with van der Waals surface area (Å²) in [5.41, 5.74) is 0.874. The van der Waals surface area contributed by atoms with Crippen LogP contribution in [0, 0.1) is 11.8 Å². The number of aryl methyl sites for hydroxylation is 1. The first-order valence-electron chi connectivity index (χ1n) is 14.0. The molecule has 1 saturated carbocycles. The number of anilines is 1. The van der Waals surface area contributed by atoms with Gasteiger partial charge in [0.05, 0.1) is 12.1 Å². The molecule has 1 unspecified atom stereocenters. The zero-order chi connectivity index (χ0) is 29.1. The number of hydrogen-bond acceptors (Lipinski definition) is 4. The van der Waals surface area contributed by atoms with Crippen molar-refractivity contribution >= 4 is 11.6 Å². The van der Waals surface area contributed by atoms with Gasteiger partial charge in [0.15, 0.2) is 0 Å². The number of alkyl halides is 5. The molecule has 0 N–H and O–H groups in total. The van der Waals surface area contributed by atoms with Crippen molar-refractivity contribution in [1.29, 1.82) is 0 Å². The number of aromatic nitrogens is 3. The average Bonchev–Trinajstić information content (AvgIpc) is 3.45. The second-order valence-electron chi connectivity index (χ2n) is 11.8. The van der Waals surface area contributed by atoms with Gasteiger partial charge >= 0.3 is 6.18 Å². The third-order valence-electron chi connectivity index (χ3n) is 9.01. The number of carbonyl (C=O) groups is 1. The number of benzene rings is 2. The summed E-state index contributed by atoms with van der Waals surface area (Å²) in [6, 6.07) is 9.99. The third-order valence-corrected chi connectivity index (χ3v) is 9.01. The van der Waals surface area contributed by atoms with Crippen LogP contribution in [0.4, 0.5) is 27.6 Å². The molecule has 1 saturated heterocycles. The molecule has 0 spiro atoms. The highest BCUT2D eigenvalue weighted by Gasteiger charge is 2.43. The highest BCUT2D eigenvalue weighted by molar-refractivity contribution is 6.10. The summed E-state index contributed by atoms with van der Waals surface area (Å²) >= 11 is 0. The molecule has 6 nitrogen and oxygen atoms in total. The number of nitrogens with zero attached hydrogens (tertiary/aromatic N) is 5. The smallest absolute Gasteiger partial charge is 0.320 e. The number of likely N-dealkylation sites (tertiary alicyclic amines) is 1. The van der Waals surface area contributed by atoms with Gasteiger partial charge in [-0.2, -0.15) is 13.2 Å². The lowest BCUT2D eigenvalue weighted by molar-refractivity contribution is -0.138. The van der Waals surface area contributed by atoms with Crippen molar-refractivity contribution in [2.24, 2.45) is 18.9 Å². The maximum absolute atomic E-state index is 14.3. The molecule has 3 aromatic rings. The van der Waals surface area contributed by atoms with Crippen molar-refractivity contribution in [1.82, 2.24) is 19.7 Å². The molecule has 1 amide bonds. The molecule has 2 atom stereocenters. The van der Waals surface area contributed by atoms with Crippen molar-refractivity contribution < 1.29 is 26.7 Å². The van der Waals surface area contributed by atoms with Crippen LogP contribution in [-0.2, 0) is 26.3 Å². The van der Waals surface area contributed by atoms with E-state index in [1.165, 1.54) is 17.9 Å². The van der Waals surface area contributed by atoms with Crippen LogP contribution in [0.3, 0.4) is 0 Å². The van der Waals surface area contributed by atoms with Crippen LogP contribution in [-0.4, -0.2) is 44.6 Å². The minimum absolute atomic E-state index is 0.0134. The molecular weight excluding hydrogens is 541 g/mol. The molecule has 0 bridgehead atoms. The van der Waals surface area contributed by atoms with Gasteiger partial charge in [0, 0.05) is 56.2 Å². The molecule has 2 fully saturated rings. The minimum atomic E-state index is -4.67. The maximum atomic E-state index is 14.3. The predicted octanol–water partition coefficient (Wildman–Crippen LogP) is 6.40. The fraction of sp³-hybridized carbons (Fsp3) is 0.500. The first-order valence-corrected chi connectivity index (χ1v) is 14.0. The number of rotatable bonds is 6. The van der Waals surface area contributed by atoms with E-state index in [-0.39, 0.29) is 49.6 Å². The van der Waals surface area contributed by atoms with Gasteiger partial charge in [0.25, 0.3) is 11.8 Å². The van der Waals surface area contributed by atoms with E-state index in [0.29, 0.717) is 17.2 Å². The van der Waals surface area contributed by atoms with Crippen LogP contribution < -0.4 is 4.90 Å². The van der Waals surface area contributed by atoms with Gasteiger partial charge in [-0.25, -0.2) is 8.78 Å². The van der Waals surface area contributed by atoms with Gasteiger partial charge in [-0.3, -0.25) is 9.69 Å². The van der Waals surface area contributed by atoms with Crippen molar-refractivity contribution in [3.8, 4) is 0 Å². The normalized spacial score (nSPS) is 22.1. The molecular formula is C30H32F5N5O. The molecule has 6 rings (SSSR count). The molecule has 1 aromatic heterocycles.